The Morgan fingerprint density at radius 1 is 1.50 bits per heavy atom. The minimum atomic E-state index is -0.243. The average molecular weight is 332 g/mol. The molecule has 1 aromatic rings. The molecule has 3 nitrogen and oxygen atoms in total. The van der Waals surface area contributed by atoms with Crippen molar-refractivity contribution < 1.29 is 5.11 Å². The average Bonchev–Trinajstić information content (AvgIpc) is 2.22. The van der Waals surface area contributed by atoms with Crippen LogP contribution in [0, 0.1) is 9.49 Å². The van der Waals surface area contributed by atoms with E-state index in [1.807, 2.05) is 12.1 Å². The predicted molar refractivity (Wildman–Crippen MR) is 75.6 cm³/mol. The summed E-state index contributed by atoms with van der Waals surface area (Å²) in [6.45, 7) is 3.76. The molecule has 2 rings (SSSR count). The van der Waals surface area contributed by atoms with Crippen LogP contribution in [0.2, 0.25) is 0 Å². The van der Waals surface area contributed by atoms with Gasteiger partial charge >= 0.3 is 0 Å². The van der Waals surface area contributed by atoms with Crippen molar-refractivity contribution in [2.45, 2.75) is 19.4 Å². The van der Waals surface area contributed by atoms with Gasteiger partial charge in [-0.1, -0.05) is 6.92 Å². The first-order valence-corrected chi connectivity index (χ1v) is 6.64. The van der Waals surface area contributed by atoms with Gasteiger partial charge in [-0.25, -0.2) is 0 Å². The van der Waals surface area contributed by atoms with Gasteiger partial charge in [0.2, 0.25) is 0 Å². The summed E-state index contributed by atoms with van der Waals surface area (Å²) in [6.07, 6.45) is 0.777. The van der Waals surface area contributed by atoms with Crippen molar-refractivity contribution in [3.63, 3.8) is 0 Å². The van der Waals surface area contributed by atoms with E-state index in [1.54, 1.807) is 0 Å². The molecular weight excluding hydrogens is 315 g/mol. The molecule has 1 saturated heterocycles. The highest BCUT2D eigenvalue weighted by Gasteiger charge is 2.25. The molecule has 0 bridgehead atoms. The lowest BCUT2D eigenvalue weighted by Crippen LogP contribution is -2.43. The molecule has 0 amide bonds. The van der Waals surface area contributed by atoms with Crippen molar-refractivity contribution in [2.24, 2.45) is 5.92 Å². The smallest absolute Gasteiger partial charge is 0.0741 e. The molecular formula is C12H17IN2O. The highest BCUT2D eigenvalue weighted by atomic mass is 127. The molecule has 1 aliphatic rings. The number of β-amino-alcohol motifs (C(OH)–C–C–N with tert-alkyl or cyclic N) is 1. The third-order valence-corrected chi connectivity index (χ3v) is 3.92. The Labute approximate surface area is 110 Å². The van der Waals surface area contributed by atoms with Gasteiger partial charge < -0.3 is 15.7 Å². The molecule has 0 spiro atoms. The van der Waals surface area contributed by atoms with E-state index in [1.165, 1.54) is 0 Å². The summed E-state index contributed by atoms with van der Waals surface area (Å²) in [5.41, 5.74) is 7.85. The van der Waals surface area contributed by atoms with Crippen molar-refractivity contribution in [3.05, 3.63) is 21.8 Å². The second kappa shape index (κ2) is 4.79. The maximum Gasteiger partial charge on any atom is 0.0741 e. The molecule has 2 unspecified atom stereocenters. The molecule has 88 valence electrons. The van der Waals surface area contributed by atoms with E-state index in [4.69, 9.17) is 5.73 Å². The van der Waals surface area contributed by atoms with Crippen molar-refractivity contribution in [1.82, 2.24) is 0 Å². The summed E-state index contributed by atoms with van der Waals surface area (Å²) in [6, 6.07) is 6.07. The Kier molecular flexibility index (Phi) is 3.59. The van der Waals surface area contributed by atoms with E-state index in [9.17, 15) is 5.11 Å². The molecule has 3 N–H and O–H groups in total. The van der Waals surface area contributed by atoms with Crippen molar-refractivity contribution in [2.75, 3.05) is 23.7 Å². The fraction of sp³-hybridized carbons (Fsp3) is 0.500. The van der Waals surface area contributed by atoms with Gasteiger partial charge in [0.25, 0.3) is 0 Å². The van der Waals surface area contributed by atoms with Gasteiger partial charge in [0.1, 0.15) is 0 Å². The molecule has 1 fully saturated rings. The predicted octanol–water partition coefficient (Wildman–Crippen LogP) is 2.08. The maximum absolute atomic E-state index is 9.87. The SMILES string of the molecule is CC1CCN(c2ccc(I)cc2N)CC1O. The summed E-state index contributed by atoms with van der Waals surface area (Å²) in [4.78, 5) is 2.18. The molecule has 4 heteroatoms. The molecule has 1 heterocycles. The van der Waals surface area contributed by atoms with Crippen LogP contribution in [0.5, 0.6) is 0 Å². The van der Waals surface area contributed by atoms with Crippen LogP contribution < -0.4 is 10.6 Å². The Morgan fingerprint density at radius 3 is 2.88 bits per heavy atom. The molecule has 0 aliphatic carbocycles. The van der Waals surface area contributed by atoms with Gasteiger partial charge in [-0.2, -0.15) is 0 Å². The number of rotatable bonds is 1. The van der Waals surface area contributed by atoms with E-state index in [0.29, 0.717) is 12.5 Å². The monoisotopic (exact) mass is 332 g/mol. The lowest BCUT2D eigenvalue weighted by Gasteiger charge is -2.36. The highest BCUT2D eigenvalue weighted by Crippen LogP contribution is 2.29. The minimum Gasteiger partial charge on any atom is -0.397 e. The van der Waals surface area contributed by atoms with Gasteiger partial charge in [0.15, 0.2) is 0 Å². The number of hydrogen-bond acceptors (Lipinski definition) is 3. The van der Waals surface area contributed by atoms with Crippen molar-refractivity contribution in [1.29, 1.82) is 0 Å². The van der Waals surface area contributed by atoms with Crippen LogP contribution in [0.1, 0.15) is 13.3 Å². The number of nitrogens with zero attached hydrogens (tertiary/aromatic N) is 1. The van der Waals surface area contributed by atoms with Crippen LogP contribution in [-0.4, -0.2) is 24.3 Å². The zero-order valence-corrected chi connectivity index (χ0v) is 11.5. The molecule has 2 atom stereocenters. The second-order valence-corrected chi connectivity index (χ2v) is 5.73. The summed E-state index contributed by atoms with van der Waals surface area (Å²) >= 11 is 2.25. The van der Waals surface area contributed by atoms with E-state index in [2.05, 4.69) is 40.5 Å². The summed E-state index contributed by atoms with van der Waals surface area (Å²) in [5.74, 6) is 0.390. The number of nitrogens with two attached hydrogens (primary N) is 1. The fourth-order valence-corrected chi connectivity index (χ4v) is 2.60. The lowest BCUT2D eigenvalue weighted by molar-refractivity contribution is 0.103. The van der Waals surface area contributed by atoms with E-state index in [-0.39, 0.29) is 6.10 Å². The van der Waals surface area contributed by atoms with Crippen LogP contribution in [0.4, 0.5) is 11.4 Å². The summed E-state index contributed by atoms with van der Waals surface area (Å²) in [5, 5.41) is 9.87. The summed E-state index contributed by atoms with van der Waals surface area (Å²) in [7, 11) is 0. The van der Waals surface area contributed by atoms with Crippen LogP contribution in [0.15, 0.2) is 18.2 Å². The number of benzene rings is 1. The third-order valence-electron chi connectivity index (χ3n) is 3.25. The van der Waals surface area contributed by atoms with E-state index >= 15 is 0 Å². The number of halogens is 1. The van der Waals surface area contributed by atoms with Gasteiger partial charge in [0, 0.05) is 16.7 Å². The Hall–Kier alpha value is -0.490. The minimum absolute atomic E-state index is 0.243. The Bertz CT molecular complexity index is 383. The third kappa shape index (κ3) is 2.43. The number of aliphatic hydroxyl groups is 1. The normalized spacial score (nSPS) is 25.8. The number of nitrogen functional groups attached to an aromatic ring is 1. The maximum atomic E-state index is 9.87. The first kappa shape index (κ1) is 12.0. The van der Waals surface area contributed by atoms with Crippen molar-refractivity contribution >= 4 is 34.0 Å². The second-order valence-electron chi connectivity index (χ2n) is 4.48. The van der Waals surface area contributed by atoms with E-state index < -0.39 is 0 Å². The number of anilines is 2. The Balaban J connectivity index is 2.18. The molecule has 1 aromatic carbocycles. The number of hydrogen-bond donors (Lipinski definition) is 2. The number of piperidine rings is 1. The molecule has 0 radical (unpaired) electrons. The van der Waals surface area contributed by atoms with Crippen LogP contribution in [0.25, 0.3) is 0 Å². The van der Waals surface area contributed by atoms with Crippen molar-refractivity contribution in [3.8, 4) is 0 Å². The zero-order chi connectivity index (χ0) is 11.7. The van der Waals surface area contributed by atoms with Gasteiger partial charge in [-0.15, -0.1) is 0 Å². The van der Waals surface area contributed by atoms with Crippen LogP contribution >= 0.6 is 22.6 Å². The van der Waals surface area contributed by atoms with Crippen LogP contribution in [-0.2, 0) is 0 Å². The van der Waals surface area contributed by atoms with E-state index in [0.717, 1.165) is 27.9 Å². The topological polar surface area (TPSA) is 49.5 Å². The zero-order valence-electron chi connectivity index (χ0n) is 9.36. The van der Waals surface area contributed by atoms with Gasteiger partial charge in [0.05, 0.1) is 17.5 Å². The highest BCUT2D eigenvalue weighted by molar-refractivity contribution is 14.1. The molecule has 0 saturated carbocycles. The lowest BCUT2D eigenvalue weighted by atomic mass is 9.95. The van der Waals surface area contributed by atoms with Crippen LogP contribution in [0.3, 0.4) is 0 Å². The van der Waals surface area contributed by atoms with Gasteiger partial charge in [-0.05, 0) is 53.1 Å². The summed E-state index contributed by atoms with van der Waals surface area (Å²) < 4.78 is 1.14. The fourth-order valence-electron chi connectivity index (χ4n) is 2.08. The first-order valence-electron chi connectivity index (χ1n) is 5.56. The molecule has 16 heavy (non-hydrogen) atoms. The molecule has 0 aromatic heterocycles. The standard InChI is InChI=1S/C12H17IN2O/c1-8-4-5-15(7-12(8)16)11-3-2-9(13)6-10(11)14/h2-3,6,8,12,16H,4-5,7,14H2,1H3. The Morgan fingerprint density at radius 2 is 2.25 bits per heavy atom. The molecule has 1 aliphatic heterocycles. The number of aliphatic hydroxyl groups excluding tert-OH is 1. The largest absolute Gasteiger partial charge is 0.397 e. The quantitative estimate of drug-likeness (QED) is 0.612. The first-order chi connectivity index (χ1) is 7.58. The van der Waals surface area contributed by atoms with Gasteiger partial charge in [-0.3, -0.25) is 0 Å².